The van der Waals surface area contributed by atoms with Crippen molar-refractivity contribution >= 4 is 17.3 Å². The summed E-state index contributed by atoms with van der Waals surface area (Å²) in [4.78, 5) is 15.2. The fourth-order valence-electron chi connectivity index (χ4n) is 1.51. The minimum absolute atomic E-state index is 0.00189. The summed E-state index contributed by atoms with van der Waals surface area (Å²) >= 11 is 1.54. The molecule has 0 saturated carbocycles. The maximum atomic E-state index is 11.0. The van der Waals surface area contributed by atoms with Crippen molar-refractivity contribution in [2.45, 2.75) is 45.2 Å². The molecule has 0 amide bonds. The lowest BCUT2D eigenvalue weighted by Crippen LogP contribution is -2.38. The van der Waals surface area contributed by atoms with Crippen LogP contribution in [-0.4, -0.2) is 22.1 Å². The van der Waals surface area contributed by atoms with E-state index in [9.17, 15) is 4.79 Å². The van der Waals surface area contributed by atoms with Gasteiger partial charge in [0.25, 0.3) is 0 Å². The molecular weight excluding hydrogens is 224 g/mol. The van der Waals surface area contributed by atoms with Gasteiger partial charge < -0.3 is 5.11 Å². The third-order valence-electron chi connectivity index (χ3n) is 2.42. The number of unbranched alkanes of at least 4 members (excludes halogenated alkanes) is 1. The third kappa shape index (κ3) is 3.90. The molecule has 0 spiro atoms. The zero-order valence-corrected chi connectivity index (χ0v) is 10.5. The molecule has 1 aromatic rings. The van der Waals surface area contributed by atoms with Crippen LogP contribution in [0.3, 0.4) is 0 Å². The molecule has 0 fully saturated rings. The van der Waals surface area contributed by atoms with Gasteiger partial charge in [-0.15, -0.1) is 11.3 Å². The SMILES string of the molecule is CCCCC(NC(C)c1nccs1)C(=O)O. The second-order valence-electron chi connectivity index (χ2n) is 3.79. The number of nitrogens with zero attached hydrogens (tertiary/aromatic N) is 1. The van der Waals surface area contributed by atoms with Gasteiger partial charge in [0.15, 0.2) is 0 Å². The Morgan fingerprint density at radius 2 is 2.44 bits per heavy atom. The first-order chi connectivity index (χ1) is 7.65. The van der Waals surface area contributed by atoms with Gasteiger partial charge in [0.05, 0.1) is 6.04 Å². The zero-order valence-electron chi connectivity index (χ0n) is 9.64. The largest absolute Gasteiger partial charge is 0.480 e. The lowest BCUT2D eigenvalue weighted by atomic mass is 10.1. The number of carbonyl (C=O) groups is 1. The van der Waals surface area contributed by atoms with Gasteiger partial charge in [-0.2, -0.15) is 0 Å². The van der Waals surface area contributed by atoms with Crippen LogP contribution in [0.15, 0.2) is 11.6 Å². The summed E-state index contributed by atoms with van der Waals surface area (Å²) in [5.41, 5.74) is 0. The molecule has 1 rings (SSSR count). The molecule has 0 radical (unpaired) electrons. The highest BCUT2D eigenvalue weighted by molar-refractivity contribution is 7.09. The molecule has 0 bridgehead atoms. The van der Waals surface area contributed by atoms with Crippen LogP contribution in [0.2, 0.25) is 0 Å². The molecule has 1 aromatic heterocycles. The number of thiazole rings is 1. The Hall–Kier alpha value is -0.940. The number of aromatic nitrogens is 1. The number of rotatable bonds is 7. The van der Waals surface area contributed by atoms with E-state index in [4.69, 9.17) is 5.11 Å². The normalized spacial score (nSPS) is 14.6. The quantitative estimate of drug-likeness (QED) is 0.771. The topological polar surface area (TPSA) is 62.2 Å². The van der Waals surface area contributed by atoms with Crippen molar-refractivity contribution in [1.29, 1.82) is 0 Å². The van der Waals surface area contributed by atoms with Crippen molar-refractivity contribution < 1.29 is 9.90 Å². The standard InChI is InChI=1S/C11H18N2O2S/c1-3-4-5-9(11(14)15)13-8(2)10-12-6-7-16-10/h6-9,13H,3-5H2,1-2H3,(H,14,15). The molecule has 0 aromatic carbocycles. The molecule has 2 atom stereocenters. The Bertz CT molecular complexity index is 314. The van der Waals surface area contributed by atoms with Crippen LogP contribution < -0.4 is 5.32 Å². The fourth-order valence-corrected chi connectivity index (χ4v) is 2.16. The van der Waals surface area contributed by atoms with Gasteiger partial charge in [-0.3, -0.25) is 10.1 Å². The second-order valence-corrected chi connectivity index (χ2v) is 4.72. The molecule has 0 aliphatic carbocycles. The van der Waals surface area contributed by atoms with Crippen LogP contribution >= 0.6 is 11.3 Å². The minimum Gasteiger partial charge on any atom is -0.480 e. The van der Waals surface area contributed by atoms with Crippen molar-refractivity contribution in [2.75, 3.05) is 0 Å². The van der Waals surface area contributed by atoms with E-state index < -0.39 is 12.0 Å². The Morgan fingerprint density at radius 3 is 2.94 bits per heavy atom. The molecular formula is C11H18N2O2S. The molecule has 2 N–H and O–H groups in total. The van der Waals surface area contributed by atoms with Crippen molar-refractivity contribution in [1.82, 2.24) is 10.3 Å². The van der Waals surface area contributed by atoms with Crippen LogP contribution in [0.25, 0.3) is 0 Å². The van der Waals surface area contributed by atoms with Gasteiger partial charge in [-0.25, -0.2) is 4.98 Å². The molecule has 0 aliphatic rings. The Labute approximate surface area is 99.7 Å². The van der Waals surface area contributed by atoms with Gasteiger partial charge >= 0.3 is 5.97 Å². The number of aliphatic carboxylic acids is 1. The van der Waals surface area contributed by atoms with Crippen molar-refractivity contribution in [2.24, 2.45) is 0 Å². The van der Waals surface area contributed by atoms with E-state index in [2.05, 4.69) is 17.2 Å². The van der Waals surface area contributed by atoms with E-state index >= 15 is 0 Å². The smallest absolute Gasteiger partial charge is 0.320 e. The summed E-state index contributed by atoms with van der Waals surface area (Å²) in [6.07, 6.45) is 4.34. The first kappa shape index (κ1) is 13.1. The second kappa shape index (κ2) is 6.60. The minimum atomic E-state index is -0.781. The molecule has 0 saturated heterocycles. The molecule has 4 nitrogen and oxygen atoms in total. The maximum Gasteiger partial charge on any atom is 0.320 e. The van der Waals surface area contributed by atoms with Crippen molar-refractivity contribution in [3.8, 4) is 0 Å². The summed E-state index contributed by atoms with van der Waals surface area (Å²) in [6, 6.07) is -0.475. The number of carboxylic acid groups (broad SMARTS) is 1. The summed E-state index contributed by atoms with van der Waals surface area (Å²) in [7, 11) is 0. The lowest BCUT2D eigenvalue weighted by Gasteiger charge is -2.18. The molecule has 16 heavy (non-hydrogen) atoms. The Morgan fingerprint density at radius 1 is 1.69 bits per heavy atom. The predicted molar refractivity (Wildman–Crippen MR) is 64.6 cm³/mol. The van der Waals surface area contributed by atoms with Gasteiger partial charge in [-0.1, -0.05) is 19.8 Å². The summed E-state index contributed by atoms with van der Waals surface area (Å²) in [6.45, 7) is 4.00. The van der Waals surface area contributed by atoms with E-state index in [1.54, 1.807) is 17.5 Å². The monoisotopic (exact) mass is 242 g/mol. The Kier molecular flexibility index (Phi) is 5.42. The van der Waals surface area contributed by atoms with E-state index in [1.807, 2.05) is 12.3 Å². The highest BCUT2D eigenvalue weighted by Crippen LogP contribution is 2.16. The summed E-state index contributed by atoms with van der Waals surface area (Å²) in [5.74, 6) is -0.781. The van der Waals surface area contributed by atoms with Crippen molar-refractivity contribution in [3.05, 3.63) is 16.6 Å². The molecule has 5 heteroatoms. The summed E-state index contributed by atoms with van der Waals surface area (Å²) < 4.78 is 0. The van der Waals surface area contributed by atoms with Crippen LogP contribution in [-0.2, 0) is 4.79 Å². The number of hydrogen-bond acceptors (Lipinski definition) is 4. The van der Waals surface area contributed by atoms with Crippen LogP contribution in [0, 0.1) is 0 Å². The lowest BCUT2D eigenvalue weighted by molar-refractivity contribution is -0.139. The van der Waals surface area contributed by atoms with E-state index in [-0.39, 0.29) is 6.04 Å². The highest BCUT2D eigenvalue weighted by atomic mass is 32.1. The third-order valence-corrected chi connectivity index (χ3v) is 3.38. The van der Waals surface area contributed by atoms with Crippen LogP contribution in [0.4, 0.5) is 0 Å². The zero-order chi connectivity index (χ0) is 12.0. The van der Waals surface area contributed by atoms with Gasteiger partial charge in [0.1, 0.15) is 11.0 Å². The average Bonchev–Trinajstić information content (AvgIpc) is 2.76. The first-order valence-electron chi connectivity index (χ1n) is 5.53. The van der Waals surface area contributed by atoms with E-state index in [1.165, 1.54) is 0 Å². The van der Waals surface area contributed by atoms with E-state index in [0.717, 1.165) is 17.8 Å². The van der Waals surface area contributed by atoms with Gasteiger partial charge in [0, 0.05) is 11.6 Å². The number of hydrogen-bond donors (Lipinski definition) is 2. The molecule has 0 aliphatic heterocycles. The maximum absolute atomic E-state index is 11.0. The Balaban J connectivity index is 2.51. The highest BCUT2D eigenvalue weighted by Gasteiger charge is 2.20. The van der Waals surface area contributed by atoms with Crippen molar-refractivity contribution in [3.63, 3.8) is 0 Å². The average molecular weight is 242 g/mol. The van der Waals surface area contributed by atoms with Gasteiger partial charge in [-0.05, 0) is 13.3 Å². The van der Waals surface area contributed by atoms with E-state index in [0.29, 0.717) is 6.42 Å². The predicted octanol–water partition coefficient (Wildman–Crippen LogP) is 2.44. The number of carboxylic acids is 1. The number of nitrogens with one attached hydrogen (secondary N) is 1. The molecule has 2 unspecified atom stereocenters. The van der Waals surface area contributed by atoms with Crippen LogP contribution in [0.1, 0.15) is 44.2 Å². The molecule has 90 valence electrons. The molecule has 1 heterocycles. The van der Waals surface area contributed by atoms with Gasteiger partial charge in [0.2, 0.25) is 0 Å². The first-order valence-corrected chi connectivity index (χ1v) is 6.41. The van der Waals surface area contributed by atoms with Crippen LogP contribution in [0.5, 0.6) is 0 Å². The summed E-state index contributed by atoms with van der Waals surface area (Å²) in [5, 5.41) is 15.0. The fraction of sp³-hybridized carbons (Fsp3) is 0.636.